The van der Waals surface area contributed by atoms with E-state index in [-0.39, 0.29) is 0 Å². The van der Waals surface area contributed by atoms with Gasteiger partial charge in [-0.25, -0.2) is 0 Å². The van der Waals surface area contributed by atoms with Gasteiger partial charge in [0.25, 0.3) is 0 Å². The van der Waals surface area contributed by atoms with Crippen LogP contribution in [-0.2, 0) is 6.42 Å². The van der Waals surface area contributed by atoms with Crippen molar-refractivity contribution in [2.75, 3.05) is 5.75 Å². The zero-order valence-electron chi connectivity index (χ0n) is 10.3. The van der Waals surface area contributed by atoms with Crippen LogP contribution in [0.2, 0.25) is 0 Å². The van der Waals surface area contributed by atoms with Gasteiger partial charge in [0.05, 0.1) is 0 Å². The Morgan fingerprint density at radius 2 is 2.00 bits per heavy atom. The molecule has 15 heavy (non-hydrogen) atoms. The summed E-state index contributed by atoms with van der Waals surface area (Å²) in [4.78, 5) is 1.48. The zero-order chi connectivity index (χ0) is 11.3. The van der Waals surface area contributed by atoms with E-state index in [9.17, 15) is 0 Å². The molecule has 0 nitrogen and oxygen atoms in total. The largest absolute Gasteiger partial charge is 0.126 e. The molecule has 0 saturated carbocycles. The SMILES string of the molecule is CCc1ccc(C)cc1SCC(C)CC. The van der Waals surface area contributed by atoms with Crippen LogP contribution < -0.4 is 0 Å². The Morgan fingerprint density at radius 1 is 1.27 bits per heavy atom. The Labute approximate surface area is 98.5 Å². The highest BCUT2D eigenvalue weighted by Crippen LogP contribution is 2.27. The van der Waals surface area contributed by atoms with Gasteiger partial charge in [0.2, 0.25) is 0 Å². The third-order valence-corrected chi connectivity index (χ3v) is 4.25. The maximum atomic E-state index is 2.33. The minimum atomic E-state index is 0.820. The topological polar surface area (TPSA) is 0 Å². The van der Waals surface area contributed by atoms with Gasteiger partial charge < -0.3 is 0 Å². The van der Waals surface area contributed by atoms with Gasteiger partial charge in [-0.05, 0) is 30.9 Å². The number of aryl methyl sites for hydroxylation is 2. The molecule has 1 heteroatoms. The van der Waals surface area contributed by atoms with Crippen LogP contribution in [0.25, 0.3) is 0 Å². The van der Waals surface area contributed by atoms with E-state index in [0.29, 0.717) is 0 Å². The molecule has 0 spiro atoms. The molecule has 1 aromatic carbocycles. The Balaban J connectivity index is 2.69. The highest BCUT2D eigenvalue weighted by Gasteiger charge is 2.04. The number of benzene rings is 1. The van der Waals surface area contributed by atoms with Crippen molar-refractivity contribution < 1.29 is 0 Å². The normalized spacial score (nSPS) is 12.8. The van der Waals surface area contributed by atoms with E-state index in [1.54, 1.807) is 0 Å². The molecule has 0 aliphatic carbocycles. The summed E-state index contributed by atoms with van der Waals surface area (Å²) in [6.45, 7) is 9.00. The van der Waals surface area contributed by atoms with E-state index in [1.165, 1.54) is 28.2 Å². The lowest BCUT2D eigenvalue weighted by atomic mass is 10.1. The molecule has 0 bridgehead atoms. The highest BCUT2D eigenvalue weighted by atomic mass is 32.2. The van der Waals surface area contributed by atoms with Gasteiger partial charge in [-0.1, -0.05) is 44.9 Å². The lowest BCUT2D eigenvalue weighted by Crippen LogP contribution is -1.96. The quantitative estimate of drug-likeness (QED) is 0.651. The van der Waals surface area contributed by atoms with Crippen LogP contribution in [0.5, 0.6) is 0 Å². The van der Waals surface area contributed by atoms with E-state index in [0.717, 1.165) is 12.3 Å². The second-order valence-electron chi connectivity index (χ2n) is 4.29. The van der Waals surface area contributed by atoms with Gasteiger partial charge >= 0.3 is 0 Å². The lowest BCUT2D eigenvalue weighted by Gasteiger charge is -2.11. The molecule has 1 unspecified atom stereocenters. The summed E-state index contributed by atoms with van der Waals surface area (Å²) in [6, 6.07) is 6.81. The fourth-order valence-corrected chi connectivity index (χ4v) is 2.80. The zero-order valence-corrected chi connectivity index (χ0v) is 11.2. The Morgan fingerprint density at radius 3 is 2.60 bits per heavy atom. The second kappa shape index (κ2) is 6.22. The first-order valence-electron chi connectivity index (χ1n) is 5.89. The molecule has 0 saturated heterocycles. The summed E-state index contributed by atoms with van der Waals surface area (Å²) in [5, 5.41) is 0. The minimum absolute atomic E-state index is 0.820. The van der Waals surface area contributed by atoms with E-state index in [2.05, 4.69) is 45.9 Å². The Bertz CT molecular complexity index is 304. The van der Waals surface area contributed by atoms with Gasteiger partial charge in [0.1, 0.15) is 0 Å². The first-order valence-corrected chi connectivity index (χ1v) is 6.88. The van der Waals surface area contributed by atoms with Crippen LogP contribution in [0.1, 0.15) is 38.3 Å². The first kappa shape index (κ1) is 12.6. The van der Waals surface area contributed by atoms with E-state index < -0.39 is 0 Å². The fourth-order valence-electron chi connectivity index (χ4n) is 1.44. The molecule has 0 aromatic heterocycles. The van der Waals surface area contributed by atoms with Crippen molar-refractivity contribution in [1.82, 2.24) is 0 Å². The fraction of sp³-hybridized carbons (Fsp3) is 0.571. The molecule has 0 fully saturated rings. The summed E-state index contributed by atoms with van der Waals surface area (Å²) in [7, 11) is 0. The van der Waals surface area contributed by atoms with E-state index in [4.69, 9.17) is 0 Å². The average molecular weight is 222 g/mol. The number of rotatable bonds is 5. The van der Waals surface area contributed by atoms with Crippen LogP contribution in [-0.4, -0.2) is 5.75 Å². The summed E-state index contributed by atoms with van der Waals surface area (Å²) in [5.74, 6) is 2.06. The molecule has 1 aromatic rings. The van der Waals surface area contributed by atoms with E-state index in [1.807, 2.05) is 11.8 Å². The number of hydrogen-bond donors (Lipinski definition) is 0. The van der Waals surface area contributed by atoms with E-state index >= 15 is 0 Å². The van der Waals surface area contributed by atoms with Crippen LogP contribution in [0.15, 0.2) is 23.1 Å². The Kier molecular flexibility index (Phi) is 5.24. The molecular formula is C14H22S. The van der Waals surface area contributed by atoms with Gasteiger partial charge in [-0.2, -0.15) is 0 Å². The van der Waals surface area contributed by atoms with Gasteiger partial charge in [-0.15, -0.1) is 11.8 Å². The molecule has 0 heterocycles. The predicted molar refractivity (Wildman–Crippen MR) is 70.7 cm³/mol. The highest BCUT2D eigenvalue weighted by molar-refractivity contribution is 7.99. The van der Waals surface area contributed by atoms with Crippen molar-refractivity contribution >= 4 is 11.8 Å². The van der Waals surface area contributed by atoms with Crippen LogP contribution in [0, 0.1) is 12.8 Å². The monoisotopic (exact) mass is 222 g/mol. The van der Waals surface area contributed by atoms with Gasteiger partial charge in [-0.3, -0.25) is 0 Å². The number of thioether (sulfide) groups is 1. The van der Waals surface area contributed by atoms with Gasteiger partial charge in [0, 0.05) is 10.6 Å². The summed E-state index contributed by atoms with van der Waals surface area (Å²) < 4.78 is 0. The van der Waals surface area contributed by atoms with Gasteiger partial charge in [0.15, 0.2) is 0 Å². The van der Waals surface area contributed by atoms with Crippen molar-refractivity contribution in [3.05, 3.63) is 29.3 Å². The molecule has 0 N–H and O–H groups in total. The molecule has 0 aliphatic heterocycles. The maximum Gasteiger partial charge on any atom is 0.0107 e. The Hall–Kier alpha value is -0.430. The predicted octanol–water partition coefficient (Wildman–Crippen LogP) is 4.70. The summed E-state index contributed by atoms with van der Waals surface area (Å²) in [5.41, 5.74) is 2.87. The van der Waals surface area contributed by atoms with Crippen molar-refractivity contribution in [2.45, 2.75) is 45.4 Å². The minimum Gasteiger partial charge on any atom is -0.126 e. The molecule has 1 atom stereocenters. The number of hydrogen-bond acceptors (Lipinski definition) is 1. The van der Waals surface area contributed by atoms with Crippen molar-refractivity contribution in [2.24, 2.45) is 5.92 Å². The second-order valence-corrected chi connectivity index (χ2v) is 5.35. The van der Waals surface area contributed by atoms with Crippen LogP contribution in [0.3, 0.4) is 0 Å². The maximum absolute atomic E-state index is 2.33. The van der Waals surface area contributed by atoms with Crippen LogP contribution in [0.4, 0.5) is 0 Å². The molecule has 1 rings (SSSR count). The first-order chi connectivity index (χ1) is 7.17. The third-order valence-electron chi connectivity index (χ3n) is 2.82. The van der Waals surface area contributed by atoms with Crippen LogP contribution >= 0.6 is 11.8 Å². The van der Waals surface area contributed by atoms with Crippen molar-refractivity contribution in [3.8, 4) is 0 Å². The molecular weight excluding hydrogens is 200 g/mol. The smallest absolute Gasteiger partial charge is 0.0107 e. The van der Waals surface area contributed by atoms with Crippen molar-refractivity contribution in [1.29, 1.82) is 0 Å². The molecule has 0 radical (unpaired) electrons. The molecule has 84 valence electrons. The third kappa shape index (κ3) is 3.90. The van der Waals surface area contributed by atoms with Crippen molar-refractivity contribution in [3.63, 3.8) is 0 Å². The molecule has 0 aliphatic rings. The molecule has 0 amide bonds. The summed E-state index contributed by atoms with van der Waals surface area (Å²) in [6.07, 6.45) is 2.42. The standard InChI is InChI=1S/C14H22S/c1-5-11(3)10-15-14-9-12(4)7-8-13(14)6-2/h7-9,11H,5-6,10H2,1-4H3. The average Bonchev–Trinajstić information content (AvgIpc) is 2.26. The summed E-state index contributed by atoms with van der Waals surface area (Å²) >= 11 is 2.02. The lowest BCUT2D eigenvalue weighted by molar-refractivity contribution is 0.637.